The summed E-state index contributed by atoms with van der Waals surface area (Å²) in [5, 5.41) is 0. The summed E-state index contributed by atoms with van der Waals surface area (Å²) >= 11 is 1.50. The van der Waals surface area contributed by atoms with E-state index < -0.39 is 0 Å². The Hall–Kier alpha value is -0.260. The van der Waals surface area contributed by atoms with E-state index in [9.17, 15) is 4.79 Å². The third-order valence-electron chi connectivity index (χ3n) is 1.16. The Labute approximate surface area is 77.4 Å². The molecule has 0 radical (unpaired) electrons. The van der Waals surface area contributed by atoms with Crippen LogP contribution < -0.4 is 10.5 Å². The Balaban J connectivity index is 3.10. The average Bonchev–Trinajstić information content (AvgIpc) is 2.06. The van der Waals surface area contributed by atoms with Gasteiger partial charge in [0.15, 0.2) is 0 Å². The summed E-state index contributed by atoms with van der Waals surface area (Å²) in [6.07, 6.45) is 1.20. The number of carbonyl (C=O) groups excluding carboxylic acids is 1. The predicted octanol–water partition coefficient (Wildman–Crippen LogP) is 0.136. The van der Waals surface area contributed by atoms with E-state index in [1.165, 1.54) is 11.9 Å². The lowest BCUT2D eigenvalue weighted by Crippen LogP contribution is -2.11. The molecule has 0 aliphatic carbocycles. The van der Waals surface area contributed by atoms with Gasteiger partial charge in [0.1, 0.15) is 0 Å². The van der Waals surface area contributed by atoms with Crippen LogP contribution in [0.2, 0.25) is 0 Å². The first-order chi connectivity index (χ1) is 5.81. The van der Waals surface area contributed by atoms with Crippen molar-refractivity contribution >= 4 is 17.9 Å². The third-order valence-corrected chi connectivity index (χ3v) is 1.86. The molecule has 0 unspecified atom stereocenters. The normalized spacial score (nSPS) is 9.83. The third kappa shape index (κ3) is 7.84. The molecule has 0 aromatic heterocycles. The number of nitrogens with two attached hydrogens (primary N) is 1. The first-order valence-electron chi connectivity index (χ1n) is 3.95. The lowest BCUT2D eigenvalue weighted by Gasteiger charge is -2.02. The number of hydrogen-bond donors (Lipinski definition) is 2. The van der Waals surface area contributed by atoms with Crippen molar-refractivity contribution in [2.24, 2.45) is 5.73 Å². The summed E-state index contributed by atoms with van der Waals surface area (Å²) in [5.74, 6) is 0.601. The zero-order chi connectivity index (χ0) is 9.23. The summed E-state index contributed by atoms with van der Waals surface area (Å²) in [4.78, 5) is 10.9. The summed E-state index contributed by atoms with van der Waals surface area (Å²) in [6, 6.07) is 0. The molecule has 0 rings (SSSR count). The molecule has 12 heavy (non-hydrogen) atoms. The highest BCUT2D eigenvalue weighted by molar-refractivity contribution is 7.97. The highest BCUT2D eigenvalue weighted by Gasteiger charge is 2.00. The summed E-state index contributed by atoms with van der Waals surface area (Å²) in [6.45, 7) is 1.01. The second-order valence-corrected chi connectivity index (χ2v) is 3.27. The van der Waals surface area contributed by atoms with Crippen molar-refractivity contribution in [2.75, 3.05) is 26.0 Å². The van der Waals surface area contributed by atoms with Crippen molar-refractivity contribution in [1.29, 1.82) is 0 Å². The highest BCUT2D eigenvalue weighted by atomic mass is 32.2. The molecule has 0 atom stereocenters. The van der Waals surface area contributed by atoms with Gasteiger partial charge in [-0.3, -0.25) is 9.52 Å². The minimum Gasteiger partial charge on any atom is -0.466 e. The van der Waals surface area contributed by atoms with Gasteiger partial charge in [-0.25, -0.2) is 0 Å². The number of nitrogens with one attached hydrogen (secondary N) is 1. The van der Waals surface area contributed by atoms with Gasteiger partial charge in [-0.15, -0.1) is 0 Å². The first-order valence-corrected chi connectivity index (χ1v) is 4.94. The van der Waals surface area contributed by atoms with Gasteiger partial charge in [0.25, 0.3) is 0 Å². The zero-order valence-electron chi connectivity index (χ0n) is 7.34. The van der Waals surface area contributed by atoms with E-state index in [1.54, 1.807) is 0 Å². The molecule has 0 aliphatic rings. The fraction of sp³-hybridized carbons (Fsp3) is 0.857. The number of hydrogen-bond acceptors (Lipinski definition) is 5. The van der Waals surface area contributed by atoms with Crippen molar-refractivity contribution in [3.63, 3.8) is 0 Å². The van der Waals surface area contributed by atoms with Crippen LogP contribution in [-0.2, 0) is 9.53 Å². The van der Waals surface area contributed by atoms with Crippen LogP contribution in [-0.4, -0.2) is 31.9 Å². The van der Waals surface area contributed by atoms with E-state index in [2.05, 4.69) is 4.72 Å². The standard InChI is InChI=1S/C7H16N2O2S/c1-9-12-6-3-7(10)11-5-2-4-8/h9H,2-6,8H2,1H3. The van der Waals surface area contributed by atoms with E-state index in [0.717, 1.165) is 12.2 Å². The van der Waals surface area contributed by atoms with Gasteiger partial charge in [0.05, 0.1) is 13.0 Å². The van der Waals surface area contributed by atoms with Crippen LogP contribution in [0.15, 0.2) is 0 Å². The number of ether oxygens (including phenoxy) is 1. The molecular formula is C7H16N2O2S. The molecule has 0 aromatic carbocycles. The lowest BCUT2D eigenvalue weighted by atomic mass is 10.4. The molecular weight excluding hydrogens is 176 g/mol. The van der Waals surface area contributed by atoms with Crippen molar-refractivity contribution in [3.05, 3.63) is 0 Å². The largest absolute Gasteiger partial charge is 0.466 e. The Kier molecular flexibility index (Phi) is 8.64. The van der Waals surface area contributed by atoms with E-state index >= 15 is 0 Å². The summed E-state index contributed by atoms with van der Waals surface area (Å²) in [7, 11) is 1.82. The predicted molar refractivity (Wildman–Crippen MR) is 50.8 cm³/mol. The van der Waals surface area contributed by atoms with E-state index in [-0.39, 0.29) is 5.97 Å². The number of carbonyl (C=O) groups is 1. The van der Waals surface area contributed by atoms with Crippen LogP contribution in [0.25, 0.3) is 0 Å². The molecule has 0 fully saturated rings. The second kappa shape index (κ2) is 8.83. The van der Waals surface area contributed by atoms with E-state index in [4.69, 9.17) is 10.5 Å². The molecule has 0 saturated heterocycles. The Morgan fingerprint density at radius 3 is 3.00 bits per heavy atom. The Morgan fingerprint density at radius 1 is 1.67 bits per heavy atom. The first kappa shape index (κ1) is 11.7. The van der Waals surface area contributed by atoms with Crippen LogP contribution >= 0.6 is 11.9 Å². The molecule has 0 amide bonds. The van der Waals surface area contributed by atoms with E-state index in [1.807, 2.05) is 7.05 Å². The second-order valence-electron chi connectivity index (χ2n) is 2.17. The maximum atomic E-state index is 10.9. The molecule has 0 heterocycles. The van der Waals surface area contributed by atoms with Crippen molar-refractivity contribution in [3.8, 4) is 0 Å². The van der Waals surface area contributed by atoms with Gasteiger partial charge in [-0.2, -0.15) is 0 Å². The molecule has 72 valence electrons. The Morgan fingerprint density at radius 2 is 2.42 bits per heavy atom. The average molecular weight is 192 g/mol. The van der Waals surface area contributed by atoms with Gasteiger partial charge in [-0.1, -0.05) is 11.9 Å². The number of esters is 1. The molecule has 0 aliphatic heterocycles. The maximum Gasteiger partial charge on any atom is 0.306 e. The van der Waals surface area contributed by atoms with Crippen molar-refractivity contribution < 1.29 is 9.53 Å². The monoisotopic (exact) mass is 192 g/mol. The van der Waals surface area contributed by atoms with Crippen LogP contribution in [0, 0.1) is 0 Å². The van der Waals surface area contributed by atoms with Gasteiger partial charge >= 0.3 is 5.97 Å². The maximum absolute atomic E-state index is 10.9. The topological polar surface area (TPSA) is 64.3 Å². The van der Waals surface area contributed by atoms with Crippen LogP contribution in [0.4, 0.5) is 0 Å². The van der Waals surface area contributed by atoms with E-state index in [0.29, 0.717) is 19.6 Å². The van der Waals surface area contributed by atoms with Gasteiger partial charge in [0.2, 0.25) is 0 Å². The molecule has 0 aromatic rings. The van der Waals surface area contributed by atoms with Gasteiger partial charge in [0, 0.05) is 5.75 Å². The molecule has 0 saturated carbocycles. The fourth-order valence-electron chi connectivity index (χ4n) is 0.578. The quantitative estimate of drug-likeness (QED) is 0.341. The highest BCUT2D eigenvalue weighted by Crippen LogP contribution is 1.97. The van der Waals surface area contributed by atoms with Crippen molar-refractivity contribution in [1.82, 2.24) is 4.72 Å². The van der Waals surface area contributed by atoms with Gasteiger partial charge in [-0.05, 0) is 20.0 Å². The molecule has 3 N–H and O–H groups in total. The van der Waals surface area contributed by atoms with Crippen LogP contribution in [0.3, 0.4) is 0 Å². The minimum atomic E-state index is -0.147. The SMILES string of the molecule is CNSCCC(=O)OCCCN. The zero-order valence-corrected chi connectivity index (χ0v) is 8.15. The molecule has 0 spiro atoms. The minimum absolute atomic E-state index is 0.147. The Bertz CT molecular complexity index is 110. The summed E-state index contributed by atoms with van der Waals surface area (Å²) in [5.41, 5.74) is 5.23. The fourth-order valence-corrected chi connectivity index (χ4v) is 1.05. The van der Waals surface area contributed by atoms with Gasteiger partial charge < -0.3 is 10.5 Å². The molecule has 5 heteroatoms. The van der Waals surface area contributed by atoms with Crippen LogP contribution in [0.5, 0.6) is 0 Å². The van der Waals surface area contributed by atoms with Crippen LogP contribution in [0.1, 0.15) is 12.8 Å². The molecule has 0 bridgehead atoms. The smallest absolute Gasteiger partial charge is 0.306 e. The number of rotatable bonds is 7. The lowest BCUT2D eigenvalue weighted by molar-refractivity contribution is -0.143. The summed E-state index contributed by atoms with van der Waals surface area (Å²) < 4.78 is 7.75. The molecule has 4 nitrogen and oxygen atoms in total. The van der Waals surface area contributed by atoms with Crippen molar-refractivity contribution in [2.45, 2.75) is 12.8 Å².